The normalized spacial score (nSPS) is 17.3. The summed E-state index contributed by atoms with van der Waals surface area (Å²) in [5.41, 5.74) is 0. The van der Waals surface area contributed by atoms with Crippen molar-refractivity contribution >= 4 is 38.1 Å². The van der Waals surface area contributed by atoms with Crippen LogP contribution in [0.1, 0.15) is 24.8 Å². The van der Waals surface area contributed by atoms with Crippen LogP contribution >= 0.6 is 27.3 Å². The second-order valence-corrected chi connectivity index (χ2v) is 7.65. The van der Waals surface area contributed by atoms with Gasteiger partial charge >= 0.3 is 0 Å². The van der Waals surface area contributed by atoms with E-state index in [0.29, 0.717) is 11.8 Å². The highest BCUT2D eigenvalue weighted by Gasteiger charge is 2.11. The van der Waals surface area contributed by atoms with Crippen LogP contribution in [0.25, 0.3) is 0 Å². The molecule has 5 heteroatoms. The van der Waals surface area contributed by atoms with Crippen LogP contribution in [0.15, 0.2) is 15.9 Å². The van der Waals surface area contributed by atoms with Crippen molar-refractivity contribution in [2.45, 2.75) is 25.9 Å². The standard InChI is InChI=1S/C10H16BrNOS2/c1-7(6-15(3)13)12-8(2)9-4-5-10(11)14-9/h4-5,7-8,12H,6H2,1-3H3. The zero-order valence-corrected chi connectivity index (χ0v) is 12.3. The van der Waals surface area contributed by atoms with Gasteiger partial charge < -0.3 is 5.32 Å². The number of nitrogens with one attached hydrogen (secondary N) is 1. The van der Waals surface area contributed by atoms with Gasteiger partial charge in [-0.3, -0.25) is 4.21 Å². The molecule has 0 spiro atoms. The molecule has 0 fully saturated rings. The fraction of sp³-hybridized carbons (Fsp3) is 0.600. The van der Waals surface area contributed by atoms with E-state index in [1.54, 1.807) is 17.6 Å². The molecule has 1 N–H and O–H groups in total. The third-order valence-corrected chi connectivity index (χ3v) is 4.82. The second kappa shape index (κ2) is 6.13. The fourth-order valence-electron chi connectivity index (χ4n) is 1.47. The maximum Gasteiger partial charge on any atom is 0.0701 e. The largest absolute Gasteiger partial charge is 0.306 e. The molecule has 0 saturated carbocycles. The van der Waals surface area contributed by atoms with E-state index in [1.165, 1.54) is 4.88 Å². The van der Waals surface area contributed by atoms with Gasteiger partial charge in [-0.15, -0.1) is 11.3 Å². The molecule has 2 nitrogen and oxygen atoms in total. The van der Waals surface area contributed by atoms with Crippen LogP contribution in [-0.4, -0.2) is 22.3 Å². The minimum Gasteiger partial charge on any atom is -0.306 e. The molecule has 3 unspecified atom stereocenters. The van der Waals surface area contributed by atoms with Gasteiger partial charge in [-0.05, 0) is 41.9 Å². The van der Waals surface area contributed by atoms with Crippen molar-refractivity contribution < 1.29 is 4.21 Å². The average Bonchev–Trinajstić information content (AvgIpc) is 2.49. The molecule has 1 aromatic heterocycles. The van der Waals surface area contributed by atoms with Crippen LogP contribution in [0.5, 0.6) is 0 Å². The summed E-state index contributed by atoms with van der Waals surface area (Å²) in [6, 6.07) is 4.77. The Morgan fingerprint density at radius 3 is 2.67 bits per heavy atom. The molecule has 0 aromatic carbocycles. The van der Waals surface area contributed by atoms with Gasteiger partial charge in [0.05, 0.1) is 3.79 Å². The Bertz CT molecular complexity index is 340. The third kappa shape index (κ3) is 4.76. The second-order valence-electron chi connectivity index (χ2n) is 3.67. The Labute approximate surface area is 106 Å². The van der Waals surface area contributed by atoms with Gasteiger partial charge in [-0.2, -0.15) is 0 Å². The van der Waals surface area contributed by atoms with Crippen molar-refractivity contribution in [3.63, 3.8) is 0 Å². The highest BCUT2D eigenvalue weighted by molar-refractivity contribution is 9.11. The molecule has 0 aliphatic rings. The van der Waals surface area contributed by atoms with Gasteiger partial charge in [-0.1, -0.05) is 0 Å². The highest BCUT2D eigenvalue weighted by Crippen LogP contribution is 2.27. The van der Waals surface area contributed by atoms with Crippen molar-refractivity contribution in [3.05, 3.63) is 20.8 Å². The Balaban J connectivity index is 2.48. The van der Waals surface area contributed by atoms with Crippen LogP contribution in [0.3, 0.4) is 0 Å². The summed E-state index contributed by atoms with van der Waals surface area (Å²) in [5, 5.41) is 3.44. The molecule has 0 aliphatic carbocycles. The first-order valence-electron chi connectivity index (χ1n) is 4.80. The van der Waals surface area contributed by atoms with E-state index in [-0.39, 0.29) is 6.04 Å². The van der Waals surface area contributed by atoms with Crippen LogP contribution in [-0.2, 0) is 10.8 Å². The summed E-state index contributed by atoms with van der Waals surface area (Å²) >= 11 is 5.18. The smallest absolute Gasteiger partial charge is 0.0701 e. The first-order chi connectivity index (χ1) is 6.99. The molecule has 15 heavy (non-hydrogen) atoms. The molecule has 1 aromatic rings. The minimum absolute atomic E-state index is 0.284. The summed E-state index contributed by atoms with van der Waals surface area (Å²) in [5.74, 6) is 0.705. The number of thiophene rings is 1. The predicted molar refractivity (Wildman–Crippen MR) is 72.0 cm³/mol. The lowest BCUT2D eigenvalue weighted by atomic mass is 10.2. The van der Waals surface area contributed by atoms with Crippen molar-refractivity contribution in [2.75, 3.05) is 12.0 Å². The quantitative estimate of drug-likeness (QED) is 0.906. The van der Waals surface area contributed by atoms with E-state index >= 15 is 0 Å². The monoisotopic (exact) mass is 309 g/mol. The number of hydrogen-bond donors (Lipinski definition) is 1. The minimum atomic E-state index is -0.732. The number of halogens is 1. The van der Waals surface area contributed by atoms with Crippen molar-refractivity contribution in [3.8, 4) is 0 Å². The molecule has 0 bridgehead atoms. The lowest BCUT2D eigenvalue weighted by molar-refractivity contribution is 0.513. The fourth-order valence-corrected chi connectivity index (χ4v) is 3.71. The lowest BCUT2D eigenvalue weighted by Gasteiger charge is -2.17. The predicted octanol–water partition coefficient (Wildman–Crippen LogP) is 2.93. The maximum atomic E-state index is 11.0. The van der Waals surface area contributed by atoms with E-state index in [1.807, 2.05) is 0 Å². The van der Waals surface area contributed by atoms with Crippen molar-refractivity contribution in [1.82, 2.24) is 5.32 Å². The molecule has 0 radical (unpaired) electrons. The van der Waals surface area contributed by atoms with E-state index in [0.717, 1.165) is 3.79 Å². The summed E-state index contributed by atoms with van der Waals surface area (Å²) in [6.45, 7) is 4.20. The molecule has 1 rings (SSSR count). The number of rotatable bonds is 5. The molecule has 0 aliphatic heterocycles. The van der Waals surface area contributed by atoms with E-state index < -0.39 is 10.8 Å². The molecule has 0 saturated heterocycles. The van der Waals surface area contributed by atoms with Gasteiger partial charge in [-0.25, -0.2) is 0 Å². The van der Waals surface area contributed by atoms with Crippen LogP contribution in [0, 0.1) is 0 Å². The van der Waals surface area contributed by atoms with E-state index in [9.17, 15) is 4.21 Å². The van der Waals surface area contributed by atoms with Gasteiger partial charge in [0.1, 0.15) is 0 Å². The van der Waals surface area contributed by atoms with Gasteiger partial charge in [0.2, 0.25) is 0 Å². The molecular weight excluding hydrogens is 294 g/mol. The van der Waals surface area contributed by atoms with Gasteiger partial charge in [0, 0.05) is 39.8 Å². The zero-order valence-electron chi connectivity index (χ0n) is 9.12. The highest BCUT2D eigenvalue weighted by atomic mass is 79.9. The van der Waals surface area contributed by atoms with Gasteiger partial charge in [0.15, 0.2) is 0 Å². The molecule has 0 amide bonds. The third-order valence-electron chi connectivity index (χ3n) is 2.04. The summed E-state index contributed by atoms with van der Waals surface area (Å²) in [4.78, 5) is 1.30. The van der Waals surface area contributed by atoms with Crippen LogP contribution in [0.2, 0.25) is 0 Å². The van der Waals surface area contributed by atoms with Crippen LogP contribution < -0.4 is 5.32 Å². The maximum absolute atomic E-state index is 11.0. The summed E-state index contributed by atoms with van der Waals surface area (Å²) < 4.78 is 12.2. The SMILES string of the molecule is CC(CS(C)=O)NC(C)c1ccc(Br)s1. The van der Waals surface area contributed by atoms with Gasteiger partial charge in [0.25, 0.3) is 0 Å². The Kier molecular flexibility index (Phi) is 5.46. The number of hydrogen-bond acceptors (Lipinski definition) is 3. The molecule has 1 heterocycles. The Morgan fingerprint density at radius 2 is 2.20 bits per heavy atom. The van der Waals surface area contributed by atoms with E-state index in [2.05, 4.69) is 47.2 Å². The van der Waals surface area contributed by atoms with E-state index in [4.69, 9.17) is 0 Å². The lowest BCUT2D eigenvalue weighted by Crippen LogP contribution is -2.32. The molecule has 3 atom stereocenters. The topological polar surface area (TPSA) is 29.1 Å². The summed E-state index contributed by atoms with van der Waals surface area (Å²) in [7, 11) is -0.732. The zero-order chi connectivity index (χ0) is 11.4. The first kappa shape index (κ1) is 13.4. The van der Waals surface area contributed by atoms with Crippen molar-refractivity contribution in [2.24, 2.45) is 0 Å². The van der Waals surface area contributed by atoms with Crippen LogP contribution in [0.4, 0.5) is 0 Å². The first-order valence-corrected chi connectivity index (χ1v) is 8.14. The summed E-state index contributed by atoms with van der Waals surface area (Å²) in [6.07, 6.45) is 1.74. The molecular formula is C10H16BrNOS2. The van der Waals surface area contributed by atoms with Crippen molar-refractivity contribution in [1.29, 1.82) is 0 Å². The Hall–Kier alpha value is 0.290. The Morgan fingerprint density at radius 1 is 1.53 bits per heavy atom. The average molecular weight is 310 g/mol. The molecule has 86 valence electrons.